The molecule has 0 nitrogen and oxygen atoms in total. The molecule has 0 rings (SSSR count). The van der Waals surface area contributed by atoms with Gasteiger partial charge >= 0.3 is 67.4 Å². The molecule has 0 fully saturated rings. The number of hydrogen-bond acceptors (Lipinski definition) is 0. The van der Waals surface area contributed by atoms with Crippen molar-refractivity contribution < 1.29 is 38.0 Å². The van der Waals surface area contributed by atoms with E-state index in [-0.39, 0.29) is 0 Å². The molecule has 6 heavy (non-hydrogen) atoms. The predicted molar refractivity (Wildman–Crippen MR) is 28.1 cm³/mol. The standard InChI is InChI=1S/C4H10P.Nd/c1-3-4(2)5;/h4-5H,3H2,1-2H3;/q-1;+1. The molecule has 0 aliphatic carbocycles. The Morgan fingerprint density at radius 1 is 1.83 bits per heavy atom. The average Bonchev–Trinajstić information content (AvgIpc) is 1.65. The first-order valence-electron chi connectivity index (χ1n) is 2.23. The first-order valence-corrected chi connectivity index (χ1v) is 8.12. The summed E-state index contributed by atoms with van der Waals surface area (Å²) in [6, 6.07) is 0. The Balaban J connectivity index is 2.75. The van der Waals surface area contributed by atoms with Crippen molar-refractivity contribution in [1.29, 1.82) is 0 Å². The van der Waals surface area contributed by atoms with E-state index in [1.54, 1.807) is 0 Å². The topological polar surface area (TPSA) is 0 Å². The zero-order chi connectivity index (χ0) is 4.99. The fourth-order valence-electron chi connectivity index (χ4n) is 0.102. The van der Waals surface area contributed by atoms with E-state index in [9.17, 15) is 0 Å². The molecule has 0 aromatic rings. The Morgan fingerprint density at radius 3 is 2.33 bits per heavy atom. The fourth-order valence-corrected chi connectivity index (χ4v) is 2.27. The van der Waals surface area contributed by atoms with Crippen LogP contribution in [0.4, 0.5) is 0 Å². The molecule has 2 unspecified atom stereocenters. The van der Waals surface area contributed by atoms with Gasteiger partial charge in [0, 0.05) is 0 Å². The molecule has 0 N–H and O–H groups in total. The van der Waals surface area contributed by atoms with Crippen molar-refractivity contribution >= 4 is 3.47 Å². The summed E-state index contributed by atoms with van der Waals surface area (Å²) in [5.74, 6) is 0. The molecule has 2 heteroatoms. The summed E-state index contributed by atoms with van der Waals surface area (Å²) in [6.07, 6.45) is 1.38. The van der Waals surface area contributed by atoms with E-state index in [0.29, 0.717) is 0 Å². The second kappa shape index (κ2) is 4.93. The van der Waals surface area contributed by atoms with Gasteiger partial charge in [0.05, 0.1) is 0 Å². The van der Waals surface area contributed by atoms with Gasteiger partial charge in [-0.25, -0.2) is 0 Å². The predicted octanol–water partition coefficient (Wildman–Crippen LogP) is 1.93. The minimum atomic E-state index is 1.02. The van der Waals surface area contributed by atoms with Crippen molar-refractivity contribution in [3.8, 4) is 0 Å². The van der Waals surface area contributed by atoms with Crippen LogP contribution in [-0.2, 0) is 0 Å². The van der Waals surface area contributed by atoms with Gasteiger partial charge in [0.15, 0.2) is 0 Å². The molecule has 0 aromatic heterocycles. The summed E-state index contributed by atoms with van der Waals surface area (Å²) in [5, 5.41) is 0. The second-order valence-electron chi connectivity index (χ2n) is 1.45. The number of rotatable bonds is 2. The van der Waals surface area contributed by atoms with Crippen molar-refractivity contribution in [2.24, 2.45) is 0 Å². The Kier molecular flexibility index (Phi) is 6.39. The number of hydrogen-bond donors (Lipinski definition) is 0. The summed E-state index contributed by atoms with van der Waals surface area (Å²) in [4.78, 5) is 0. The van der Waals surface area contributed by atoms with Crippen LogP contribution >= 0.6 is 3.47 Å². The van der Waals surface area contributed by atoms with Gasteiger partial charge in [0.1, 0.15) is 0 Å². The molecule has 0 heterocycles. The molecule has 0 aliphatic rings. The third kappa shape index (κ3) is 3.95. The molecule has 0 saturated carbocycles. The van der Waals surface area contributed by atoms with E-state index in [1.165, 1.54) is 47.9 Å². The Morgan fingerprint density at radius 2 is 2.33 bits per heavy atom. The van der Waals surface area contributed by atoms with Gasteiger partial charge < -0.3 is 0 Å². The fraction of sp³-hybridized carbons (Fsp3) is 1.00. The molecule has 0 radical (unpaired) electrons. The third-order valence-corrected chi connectivity index (χ3v) is 6.50. The van der Waals surface area contributed by atoms with Crippen LogP contribution in [0.5, 0.6) is 0 Å². The summed E-state index contributed by atoms with van der Waals surface area (Å²) in [7, 11) is 0. The van der Waals surface area contributed by atoms with Gasteiger partial charge in [-0.2, -0.15) is 0 Å². The van der Waals surface area contributed by atoms with Gasteiger partial charge in [0.25, 0.3) is 0 Å². The van der Waals surface area contributed by atoms with Gasteiger partial charge in [-0.3, -0.25) is 0 Å². The van der Waals surface area contributed by atoms with Crippen LogP contribution in [-0.4, -0.2) is 5.66 Å². The van der Waals surface area contributed by atoms with Crippen molar-refractivity contribution in [3.63, 3.8) is 0 Å². The van der Waals surface area contributed by atoms with E-state index >= 15 is 0 Å². The SMILES string of the molecule is CCC(C)[PH][Nd]. The van der Waals surface area contributed by atoms with Crippen LogP contribution in [0.3, 0.4) is 0 Å². The Labute approximate surface area is 66.6 Å². The van der Waals surface area contributed by atoms with Crippen LogP contribution in [0, 0.1) is 38.0 Å². The van der Waals surface area contributed by atoms with Gasteiger partial charge in [0.2, 0.25) is 0 Å². The Bertz CT molecular complexity index is 26.7. The maximum atomic E-state index is 2.32. The maximum absolute atomic E-state index is 2.32. The van der Waals surface area contributed by atoms with E-state index in [4.69, 9.17) is 0 Å². The van der Waals surface area contributed by atoms with Crippen LogP contribution < -0.4 is 0 Å². The summed E-state index contributed by atoms with van der Waals surface area (Å²) >= 11 is 1.41. The first-order chi connectivity index (χ1) is 2.81. The van der Waals surface area contributed by atoms with Gasteiger partial charge in [-0.1, -0.05) is 0 Å². The molecule has 0 amide bonds. The van der Waals surface area contributed by atoms with E-state index in [0.717, 1.165) is 5.66 Å². The van der Waals surface area contributed by atoms with E-state index in [2.05, 4.69) is 13.8 Å². The summed E-state index contributed by atoms with van der Waals surface area (Å²) < 4.78 is 1.27. The minimum absolute atomic E-state index is 1.02. The van der Waals surface area contributed by atoms with Crippen molar-refractivity contribution in [2.75, 3.05) is 0 Å². The van der Waals surface area contributed by atoms with E-state index < -0.39 is 0 Å². The molecular formula is C4H10NdP. The van der Waals surface area contributed by atoms with Gasteiger partial charge in [-0.15, -0.1) is 0 Å². The summed E-state index contributed by atoms with van der Waals surface area (Å²) in [6.45, 7) is 4.58. The van der Waals surface area contributed by atoms with Crippen molar-refractivity contribution in [2.45, 2.75) is 25.9 Å². The molecule has 0 spiro atoms. The normalized spacial score (nSPS) is 16.2. The zero-order valence-corrected chi connectivity index (χ0v) is 8.49. The molecule has 35 valence electrons. The third-order valence-electron chi connectivity index (χ3n) is 0.859. The van der Waals surface area contributed by atoms with Gasteiger partial charge in [-0.05, 0) is 0 Å². The average molecular weight is 233 g/mol. The zero-order valence-electron chi connectivity index (χ0n) is 4.28. The van der Waals surface area contributed by atoms with Crippen molar-refractivity contribution in [1.82, 2.24) is 0 Å². The molecule has 2 atom stereocenters. The molecule has 0 aromatic carbocycles. The van der Waals surface area contributed by atoms with Crippen LogP contribution in [0.15, 0.2) is 0 Å². The second-order valence-corrected chi connectivity index (χ2v) is 5.51. The van der Waals surface area contributed by atoms with Crippen molar-refractivity contribution in [3.05, 3.63) is 0 Å². The summed E-state index contributed by atoms with van der Waals surface area (Å²) in [5.41, 5.74) is 1.02. The quantitative estimate of drug-likeness (QED) is 0.639. The first kappa shape index (κ1) is 7.78. The molecule has 0 aliphatic heterocycles. The van der Waals surface area contributed by atoms with Crippen LogP contribution in [0.2, 0.25) is 0 Å². The molecule has 0 bridgehead atoms. The van der Waals surface area contributed by atoms with Crippen LogP contribution in [0.25, 0.3) is 0 Å². The van der Waals surface area contributed by atoms with Crippen LogP contribution in [0.1, 0.15) is 20.3 Å². The monoisotopic (exact) mass is 231 g/mol. The Hall–Kier alpha value is 1.78. The molecular weight excluding hydrogens is 223 g/mol. The van der Waals surface area contributed by atoms with E-state index in [1.807, 2.05) is 0 Å². The molecule has 0 saturated heterocycles.